The van der Waals surface area contributed by atoms with Gasteiger partial charge in [0.2, 0.25) is 0 Å². The number of piperidine rings is 1. The Morgan fingerprint density at radius 3 is 2.79 bits per heavy atom. The molecule has 0 aromatic carbocycles. The zero-order chi connectivity index (χ0) is 13.5. The van der Waals surface area contributed by atoms with Crippen molar-refractivity contribution in [3.8, 4) is 0 Å². The average molecular weight is 264 g/mol. The summed E-state index contributed by atoms with van der Waals surface area (Å²) in [5, 5.41) is 8.74. The van der Waals surface area contributed by atoms with Gasteiger partial charge in [0.1, 0.15) is 5.69 Å². The van der Waals surface area contributed by atoms with Crippen LogP contribution in [0.25, 0.3) is 0 Å². The van der Waals surface area contributed by atoms with Crippen LogP contribution in [0.1, 0.15) is 36.2 Å². The van der Waals surface area contributed by atoms with Crippen LogP contribution in [-0.2, 0) is 0 Å². The minimum absolute atomic E-state index is 0.241. The number of amides is 1. The number of aromatic amines is 1. The Kier molecular flexibility index (Phi) is 5.09. The van der Waals surface area contributed by atoms with Crippen molar-refractivity contribution >= 4 is 5.91 Å². The lowest BCUT2D eigenvalue weighted by atomic mass is 10.1. The molecule has 0 aliphatic carbocycles. The van der Waals surface area contributed by atoms with Crippen molar-refractivity contribution in [3.63, 3.8) is 0 Å². The molecule has 1 amide bonds. The fourth-order valence-corrected chi connectivity index (χ4v) is 2.25. The third-order valence-corrected chi connectivity index (χ3v) is 3.30. The predicted octanol–water partition coefficient (Wildman–Crippen LogP) is 0.376. The quantitative estimate of drug-likeness (QED) is 0.753. The molecule has 0 bridgehead atoms. The van der Waals surface area contributed by atoms with Gasteiger partial charge in [0, 0.05) is 12.6 Å². The van der Waals surface area contributed by atoms with Crippen LogP contribution in [-0.4, -0.2) is 47.2 Å². The van der Waals surface area contributed by atoms with E-state index in [1.165, 1.54) is 44.5 Å². The van der Waals surface area contributed by atoms with Gasteiger partial charge in [0.15, 0.2) is 0 Å². The molecule has 2 N–H and O–H groups in total. The van der Waals surface area contributed by atoms with Crippen LogP contribution in [0, 0.1) is 0 Å². The molecule has 0 radical (unpaired) electrons. The smallest absolute Gasteiger partial charge is 0.271 e. The maximum absolute atomic E-state index is 11.7. The van der Waals surface area contributed by atoms with E-state index in [9.17, 15) is 9.59 Å². The molecule has 2 heterocycles. The van der Waals surface area contributed by atoms with Crippen LogP contribution < -0.4 is 10.9 Å². The van der Waals surface area contributed by atoms with Crippen LogP contribution in [0.2, 0.25) is 0 Å². The van der Waals surface area contributed by atoms with E-state index in [-0.39, 0.29) is 17.2 Å². The highest BCUT2D eigenvalue weighted by Crippen LogP contribution is 2.08. The number of likely N-dealkylation sites (tertiary alicyclic amines) is 1. The second kappa shape index (κ2) is 7.04. The van der Waals surface area contributed by atoms with Gasteiger partial charge < -0.3 is 10.2 Å². The molecule has 1 saturated heterocycles. The molecule has 1 aliphatic heterocycles. The largest absolute Gasteiger partial charge is 0.351 e. The van der Waals surface area contributed by atoms with E-state index >= 15 is 0 Å². The topological polar surface area (TPSA) is 78.1 Å². The standard InChI is InChI=1S/C13H20N4O2/c18-12-6-5-11(15-16-12)13(19)14-7-4-10-17-8-2-1-3-9-17/h5-6H,1-4,7-10H2,(H,14,19)(H,16,18). The maximum Gasteiger partial charge on any atom is 0.271 e. The van der Waals surface area contributed by atoms with Crippen molar-refractivity contribution in [2.24, 2.45) is 0 Å². The zero-order valence-electron chi connectivity index (χ0n) is 11.0. The lowest BCUT2D eigenvalue weighted by molar-refractivity contribution is 0.0945. The molecule has 1 aromatic rings. The van der Waals surface area contributed by atoms with Gasteiger partial charge in [-0.1, -0.05) is 6.42 Å². The summed E-state index contributed by atoms with van der Waals surface area (Å²) in [6.45, 7) is 4.01. The van der Waals surface area contributed by atoms with Gasteiger partial charge in [-0.05, 0) is 45.0 Å². The van der Waals surface area contributed by atoms with E-state index < -0.39 is 0 Å². The summed E-state index contributed by atoms with van der Waals surface area (Å²) >= 11 is 0. The first-order valence-corrected chi connectivity index (χ1v) is 6.82. The second-order valence-corrected chi connectivity index (χ2v) is 4.82. The lowest BCUT2D eigenvalue weighted by Crippen LogP contribution is -2.33. The van der Waals surface area contributed by atoms with Gasteiger partial charge in [0.05, 0.1) is 0 Å². The Hall–Kier alpha value is -1.69. The molecule has 104 valence electrons. The van der Waals surface area contributed by atoms with Crippen LogP contribution >= 0.6 is 0 Å². The third kappa shape index (κ3) is 4.48. The molecule has 1 aliphatic rings. The number of nitrogens with one attached hydrogen (secondary N) is 2. The SMILES string of the molecule is O=C(NCCCN1CCCCC1)c1ccc(=O)[nH]n1. The Bertz CT molecular complexity index is 445. The second-order valence-electron chi connectivity index (χ2n) is 4.82. The van der Waals surface area contributed by atoms with Gasteiger partial charge in [-0.25, -0.2) is 5.10 Å². The molecule has 0 saturated carbocycles. The zero-order valence-corrected chi connectivity index (χ0v) is 11.0. The van der Waals surface area contributed by atoms with Crippen LogP contribution in [0.4, 0.5) is 0 Å². The maximum atomic E-state index is 11.7. The van der Waals surface area contributed by atoms with Crippen LogP contribution in [0.15, 0.2) is 16.9 Å². The van der Waals surface area contributed by atoms with Gasteiger partial charge in [0.25, 0.3) is 11.5 Å². The number of nitrogens with zero attached hydrogens (tertiary/aromatic N) is 2. The van der Waals surface area contributed by atoms with Gasteiger partial charge in [-0.15, -0.1) is 0 Å². The van der Waals surface area contributed by atoms with Crippen LogP contribution in [0.5, 0.6) is 0 Å². The molecular formula is C13H20N4O2. The first-order chi connectivity index (χ1) is 9.25. The van der Waals surface area contributed by atoms with E-state index in [4.69, 9.17) is 0 Å². The number of carbonyl (C=O) groups is 1. The number of rotatable bonds is 5. The van der Waals surface area contributed by atoms with Gasteiger partial charge in [-0.2, -0.15) is 5.10 Å². The number of H-pyrrole nitrogens is 1. The highest BCUT2D eigenvalue weighted by Gasteiger charge is 2.10. The summed E-state index contributed by atoms with van der Waals surface area (Å²) in [4.78, 5) is 25.0. The Labute approximate surface area is 112 Å². The molecule has 6 nitrogen and oxygen atoms in total. The third-order valence-electron chi connectivity index (χ3n) is 3.30. The average Bonchev–Trinajstić information content (AvgIpc) is 2.45. The molecule has 2 rings (SSSR count). The monoisotopic (exact) mass is 264 g/mol. The molecule has 1 fully saturated rings. The Morgan fingerprint density at radius 1 is 1.32 bits per heavy atom. The Morgan fingerprint density at radius 2 is 2.11 bits per heavy atom. The van der Waals surface area contributed by atoms with Crippen molar-refractivity contribution in [2.45, 2.75) is 25.7 Å². The summed E-state index contributed by atoms with van der Waals surface area (Å²) in [5.74, 6) is -0.241. The van der Waals surface area contributed by atoms with Crippen LogP contribution in [0.3, 0.4) is 0 Å². The van der Waals surface area contributed by atoms with Gasteiger partial charge >= 0.3 is 0 Å². The molecule has 19 heavy (non-hydrogen) atoms. The Balaban J connectivity index is 1.66. The minimum Gasteiger partial charge on any atom is -0.351 e. The summed E-state index contributed by atoms with van der Waals surface area (Å²) in [7, 11) is 0. The van der Waals surface area contributed by atoms with E-state index in [2.05, 4.69) is 20.4 Å². The predicted molar refractivity (Wildman–Crippen MR) is 72.1 cm³/mol. The van der Waals surface area contributed by atoms with Crippen molar-refractivity contribution in [2.75, 3.05) is 26.2 Å². The molecular weight excluding hydrogens is 244 g/mol. The first kappa shape index (κ1) is 13.7. The van der Waals surface area contributed by atoms with Crippen molar-refractivity contribution in [1.82, 2.24) is 20.4 Å². The van der Waals surface area contributed by atoms with E-state index in [1.54, 1.807) is 0 Å². The lowest BCUT2D eigenvalue weighted by Gasteiger charge is -2.26. The number of aromatic nitrogens is 2. The first-order valence-electron chi connectivity index (χ1n) is 6.82. The van der Waals surface area contributed by atoms with E-state index in [1.807, 2.05) is 0 Å². The fourth-order valence-electron chi connectivity index (χ4n) is 2.25. The van der Waals surface area contributed by atoms with E-state index in [0.29, 0.717) is 6.54 Å². The summed E-state index contributed by atoms with van der Waals surface area (Å²) < 4.78 is 0. The fraction of sp³-hybridized carbons (Fsp3) is 0.615. The number of carbonyl (C=O) groups excluding carboxylic acids is 1. The summed E-state index contributed by atoms with van der Waals surface area (Å²) in [6.07, 6.45) is 4.85. The molecule has 0 atom stereocenters. The molecule has 0 unspecified atom stereocenters. The van der Waals surface area contributed by atoms with Crippen molar-refractivity contribution in [3.05, 3.63) is 28.2 Å². The van der Waals surface area contributed by atoms with Crippen molar-refractivity contribution < 1.29 is 4.79 Å². The highest BCUT2D eigenvalue weighted by atomic mass is 16.2. The normalized spacial score (nSPS) is 16.2. The molecule has 0 spiro atoms. The number of hydrogen-bond donors (Lipinski definition) is 2. The number of hydrogen-bond acceptors (Lipinski definition) is 4. The highest BCUT2D eigenvalue weighted by molar-refractivity contribution is 5.91. The summed E-state index contributed by atoms with van der Waals surface area (Å²) in [5.41, 5.74) is -0.0563. The van der Waals surface area contributed by atoms with E-state index in [0.717, 1.165) is 13.0 Å². The minimum atomic E-state index is -0.304. The molecule has 1 aromatic heterocycles. The molecule has 6 heteroatoms. The van der Waals surface area contributed by atoms with Gasteiger partial charge in [-0.3, -0.25) is 9.59 Å². The summed E-state index contributed by atoms with van der Waals surface area (Å²) in [6, 6.07) is 2.73. The van der Waals surface area contributed by atoms with Crippen molar-refractivity contribution in [1.29, 1.82) is 0 Å².